The number of methoxy groups -OCH3 is 1. The molecule has 2 unspecified atom stereocenters. The van der Waals surface area contributed by atoms with Gasteiger partial charge in [-0.15, -0.1) is 13.2 Å². The number of hydrogen-bond acceptors (Lipinski definition) is 6. The highest BCUT2D eigenvalue weighted by Gasteiger charge is 2.34. The predicted octanol–water partition coefficient (Wildman–Crippen LogP) is 2.72. The maximum atomic E-state index is 13.3. The Labute approximate surface area is 190 Å². The van der Waals surface area contributed by atoms with Crippen LogP contribution in [0, 0.1) is 11.8 Å². The molecule has 9 heteroatoms. The van der Waals surface area contributed by atoms with Crippen LogP contribution in [0.1, 0.15) is 30.6 Å². The molecule has 32 heavy (non-hydrogen) atoms. The summed E-state index contributed by atoms with van der Waals surface area (Å²) >= 11 is 0. The van der Waals surface area contributed by atoms with Crippen molar-refractivity contribution in [1.82, 2.24) is 9.21 Å². The van der Waals surface area contributed by atoms with Crippen LogP contribution in [0.3, 0.4) is 0 Å². The average Bonchev–Trinajstić information content (AvgIpc) is 2.75. The topological polar surface area (TPSA) is 93.2 Å². The minimum absolute atomic E-state index is 0.0225. The van der Waals surface area contributed by atoms with E-state index in [2.05, 4.69) is 13.2 Å². The molecule has 2 rings (SSSR count). The zero-order chi connectivity index (χ0) is 23.9. The van der Waals surface area contributed by atoms with Gasteiger partial charge < -0.3 is 14.4 Å². The zero-order valence-corrected chi connectivity index (χ0v) is 19.8. The number of esters is 1. The van der Waals surface area contributed by atoms with E-state index in [1.807, 2.05) is 13.8 Å². The largest absolute Gasteiger partial charge is 0.495 e. The van der Waals surface area contributed by atoms with Gasteiger partial charge in [-0.05, 0) is 36.5 Å². The van der Waals surface area contributed by atoms with Crippen molar-refractivity contribution in [3.63, 3.8) is 0 Å². The normalized spacial score (nSPS) is 19.1. The Bertz CT molecular complexity index is 939. The Morgan fingerprint density at radius 1 is 1.16 bits per heavy atom. The molecule has 0 aromatic heterocycles. The lowest BCUT2D eigenvalue weighted by atomic mass is 9.94. The molecular weight excluding hydrogens is 432 g/mol. The lowest BCUT2D eigenvalue weighted by molar-refractivity contribution is -0.133. The summed E-state index contributed by atoms with van der Waals surface area (Å²) in [5, 5.41) is 0. The van der Waals surface area contributed by atoms with Crippen LogP contribution in [-0.2, 0) is 19.6 Å². The molecular formula is C23H32N2O6S. The molecule has 0 saturated carbocycles. The molecule has 1 heterocycles. The van der Waals surface area contributed by atoms with Crippen molar-refractivity contribution in [2.75, 3.05) is 39.9 Å². The highest BCUT2D eigenvalue weighted by Crippen LogP contribution is 2.32. The summed E-state index contributed by atoms with van der Waals surface area (Å²) < 4.78 is 38.5. The van der Waals surface area contributed by atoms with Crippen molar-refractivity contribution in [3.8, 4) is 5.75 Å². The Morgan fingerprint density at radius 3 is 2.28 bits per heavy atom. The van der Waals surface area contributed by atoms with Crippen LogP contribution in [-0.4, -0.2) is 69.4 Å². The van der Waals surface area contributed by atoms with Crippen molar-refractivity contribution < 1.29 is 27.5 Å². The fraction of sp³-hybridized carbons (Fsp3) is 0.478. The second-order valence-corrected chi connectivity index (χ2v) is 9.99. The lowest BCUT2D eigenvalue weighted by Gasteiger charge is -2.34. The third-order valence-electron chi connectivity index (χ3n) is 5.23. The molecule has 2 atom stereocenters. The SMILES string of the molecule is C=CCN(CC=C)C(=O)COC(=O)c1ccc(OC)c(S(=O)(=O)N2CC(C)CC(C)C2)c1. The summed E-state index contributed by atoms with van der Waals surface area (Å²) in [6.45, 7) is 12.1. The van der Waals surface area contributed by atoms with Crippen LogP contribution < -0.4 is 4.74 Å². The zero-order valence-electron chi connectivity index (χ0n) is 19.0. The number of carbonyl (C=O) groups is 2. The van der Waals surface area contributed by atoms with E-state index >= 15 is 0 Å². The molecule has 0 N–H and O–H groups in total. The predicted molar refractivity (Wildman–Crippen MR) is 122 cm³/mol. The van der Waals surface area contributed by atoms with Crippen LogP contribution in [0.2, 0.25) is 0 Å². The van der Waals surface area contributed by atoms with E-state index < -0.39 is 28.5 Å². The van der Waals surface area contributed by atoms with Gasteiger partial charge in [0.15, 0.2) is 6.61 Å². The summed E-state index contributed by atoms with van der Waals surface area (Å²) in [6, 6.07) is 4.08. The van der Waals surface area contributed by atoms with E-state index in [1.165, 1.54) is 34.5 Å². The van der Waals surface area contributed by atoms with Crippen molar-refractivity contribution in [2.24, 2.45) is 11.8 Å². The smallest absolute Gasteiger partial charge is 0.338 e. The van der Waals surface area contributed by atoms with Crippen LogP contribution in [0.15, 0.2) is 48.4 Å². The Morgan fingerprint density at radius 2 is 1.75 bits per heavy atom. The highest BCUT2D eigenvalue weighted by atomic mass is 32.2. The van der Waals surface area contributed by atoms with Crippen molar-refractivity contribution in [1.29, 1.82) is 0 Å². The Balaban J connectivity index is 2.23. The van der Waals surface area contributed by atoms with E-state index in [4.69, 9.17) is 9.47 Å². The fourth-order valence-corrected chi connectivity index (χ4v) is 5.70. The number of amides is 1. The summed E-state index contributed by atoms with van der Waals surface area (Å²) in [7, 11) is -2.51. The first-order valence-corrected chi connectivity index (χ1v) is 11.9. The van der Waals surface area contributed by atoms with Gasteiger partial charge in [-0.2, -0.15) is 4.31 Å². The first-order chi connectivity index (χ1) is 15.1. The van der Waals surface area contributed by atoms with Crippen LogP contribution >= 0.6 is 0 Å². The number of hydrogen-bond donors (Lipinski definition) is 0. The second-order valence-electron chi connectivity index (χ2n) is 8.09. The number of piperidine rings is 1. The van der Waals surface area contributed by atoms with Gasteiger partial charge in [-0.3, -0.25) is 4.79 Å². The molecule has 1 amide bonds. The molecule has 1 aliphatic heterocycles. The number of carbonyl (C=O) groups excluding carboxylic acids is 2. The summed E-state index contributed by atoms with van der Waals surface area (Å²) in [6.07, 6.45) is 4.08. The van der Waals surface area contributed by atoms with Crippen LogP contribution in [0.4, 0.5) is 0 Å². The van der Waals surface area contributed by atoms with Crippen LogP contribution in [0.25, 0.3) is 0 Å². The molecule has 1 fully saturated rings. The lowest BCUT2D eigenvalue weighted by Crippen LogP contribution is -2.42. The number of sulfonamides is 1. The van der Waals surface area contributed by atoms with E-state index in [1.54, 1.807) is 12.2 Å². The second kappa shape index (κ2) is 11.3. The Hall–Kier alpha value is -2.65. The van der Waals surface area contributed by atoms with E-state index in [0.29, 0.717) is 26.2 Å². The number of benzene rings is 1. The van der Waals surface area contributed by atoms with Crippen molar-refractivity contribution in [2.45, 2.75) is 25.2 Å². The molecule has 1 aromatic carbocycles. The minimum atomic E-state index is -3.88. The van der Waals surface area contributed by atoms with Gasteiger partial charge in [-0.25, -0.2) is 13.2 Å². The summed E-state index contributed by atoms with van der Waals surface area (Å²) in [5.41, 5.74) is 0.0225. The van der Waals surface area contributed by atoms with E-state index in [9.17, 15) is 18.0 Å². The molecule has 0 radical (unpaired) electrons. The third kappa shape index (κ3) is 6.20. The van der Waals surface area contributed by atoms with Gasteiger partial charge in [0.05, 0.1) is 12.7 Å². The maximum Gasteiger partial charge on any atom is 0.338 e. The average molecular weight is 465 g/mol. The monoisotopic (exact) mass is 464 g/mol. The number of nitrogens with zero attached hydrogens (tertiary/aromatic N) is 2. The summed E-state index contributed by atoms with van der Waals surface area (Å²) in [5.74, 6) is -0.599. The quantitative estimate of drug-likeness (QED) is 0.390. The minimum Gasteiger partial charge on any atom is -0.495 e. The van der Waals surface area contributed by atoms with Gasteiger partial charge >= 0.3 is 5.97 Å². The van der Waals surface area contributed by atoms with Crippen LogP contribution in [0.5, 0.6) is 5.75 Å². The molecule has 176 valence electrons. The maximum absolute atomic E-state index is 13.3. The van der Waals surface area contributed by atoms with Gasteiger partial charge in [0.25, 0.3) is 5.91 Å². The van der Waals surface area contributed by atoms with Gasteiger partial charge in [-0.1, -0.05) is 26.0 Å². The molecule has 0 aliphatic carbocycles. The number of rotatable bonds is 10. The van der Waals surface area contributed by atoms with Crippen molar-refractivity contribution >= 4 is 21.9 Å². The van der Waals surface area contributed by atoms with Gasteiger partial charge in [0.2, 0.25) is 10.0 Å². The third-order valence-corrected chi connectivity index (χ3v) is 7.08. The summed E-state index contributed by atoms with van der Waals surface area (Å²) in [4.78, 5) is 26.2. The molecule has 0 bridgehead atoms. The van der Waals surface area contributed by atoms with Crippen molar-refractivity contribution in [3.05, 3.63) is 49.1 Å². The number of ether oxygens (including phenoxy) is 2. The van der Waals surface area contributed by atoms with Gasteiger partial charge in [0.1, 0.15) is 10.6 Å². The highest BCUT2D eigenvalue weighted by molar-refractivity contribution is 7.89. The molecule has 1 aliphatic rings. The first-order valence-electron chi connectivity index (χ1n) is 10.5. The standard InChI is InChI=1S/C23H32N2O6S/c1-6-10-24(11-7-2)22(26)16-31-23(27)19-8-9-20(30-5)21(13-19)32(28,29)25-14-17(3)12-18(4)15-25/h6-9,13,17-18H,1-2,10-12,14-16H2,3-5H3. The molecule has 8 nitrogen and oxygen atoms in total. The molecule has 0 spiro atoms. The fourth-order valence-electron chi connectivity index (χ4n) is 3.84. The molecule has 1 aromatic rings. The molecule has 1 saturated heterocycles. The Kier molecular flexibility index (Phi) is 9.03. The van der Waals surface area contributed by atoms with E-state index in [0.717, 1.165) is 6.42 Å². The van der Waals surface area contributed by atoms with E-state index in [-0.39, 0.29) is 28.0 Å². The van der Waals surface area contributed by atoms with Gasteiger partial charge in [0, 0.05) is 26.2 Å². The first kappa shape index (κ1) is 25.6.